The van der Waals surface area contributed by atoms with E-state index >= 15 is 0 Å². The van der Waals surface area contributed by atoms with Gasteiger partial charge < -0.3 is 9.47 Å². The van der Waals surface area contributed by atoms with Gasteiger partial charge in [0.15, 0.2) is 11.5 Å². The van der Waals surface area contributed by atoms with Crippen LogP contribution in [0.5, 0.6) is 0 Å². The van der Waals surface area contributed by atoms with Crippen LogP contribution in [0.4, 0.5) is 0 Å². The molecule has 0 fully saturated rings. The maximum absolute atomic E-state index is 5.10. The SMILES string of the molecule is C=CC1=C(C(=C)C)OCO1.CC. The molecular formula is C10H16O2. The van der Waals surface area contributed by atoms with Crippen molar-refractivity contribution in [1.82, 2.24) is 0 Å². The van der Waals surface area contributed by atoms with Crippen molar-refractivity contribution in [2.45, 2.75) is 20.8 Å². The first-order chi connectivity index (χ1) is 5.75. The highest BCUT2D eigenvalue weighted by molar-refractivity contribution is 5.30. The molecule has 1 aliphatic rings. The van der Waals surface area contributed by atoms with Crippen molar-refractivity contribution in [2.24, 2.45) is 0 Å². The number of rotatable bonds is 2. The van der Waals surface area contributed by atoms with E-state index in [1.807, 2.05) is 20.8 Å². The van der Waals surface area contributed by atoms with E-state index in [4.69, 9.17) is 9.47 Å². The van der Waals surface area contributed by atoms with E-state index in [2.05, 4.69) is 13.2 Å². The average Bonchev–Trinajstić information content (AvgIpc) is 2.55. The lowest BCUT2D eigenvalue weighted by Crippen LogP contribution is -1.85. The summed E-state index contributed by atoms with van der Waals surface area (Å²) in [5.74, 6) is 1.41. The molecule has 0 bridgehead atoms. The summed E-state index contributed by atoms with van der Waals surface area (Å²) in [5.41, 5.74) is 0.868. The van der Waals surface area contributed by atoms with Crippen molar-refractivity contribution < 1.29 is 9.47 Å². The van der Waals surface area contributed by atoms with Gasteiger partial charge in [0.1, 0.15) is 0 Å². The van der Waals surface area contributed by atoms with Gasteiger partial charge in [-0.2, -0.15) is 0 Å². The average molecular weight is 168 g/mol. The second-order valence-electron chi connectivity index (χ2n) is 2.08. The van der Waals surface area contributed by atoms with Gasteiger partial charge in [-0.05, 0) is 18.6 Å². The van der Waals surface area contributed by atoms with Crippen molar-refractivity contribution >= 4 is 0 Å². The monoisotopic (exact) mass is 168 g/mol. The number of hydrogen-bond acceptors (Lipinski definition) is 2. The molecule has 2 heteroatoms. The molecule has 0 atom stereocenters. The van der Waals surface area contributed by atoms with Crippen LogP contribution in [0, 0.1) is 0 Å². The van der Waals surface area contributed by atoms with Gasteiger partial charge in [-0.3, -0.25) is 0 Å². The molecule has 1 rings (SSSR count). The molecule has 12 heavy (non-hydrogen) atoms. The molecular weight excluding hydrogens is 152 g/mol. The third-order valence-electron chi connectivity index (χ3n) is 1.21. The zero-order valence-corrected chi connectivity index (χ0v) is 8.02. The Morgan fingerprint density at radius 1 is 1.42 bits per heavy atom. The third kappa shape index (κ3) is 2.46. The summed E-state index contributed by atoms with van der Waals surface area (Å²) < 4.78 is 10.2. The Balaban J connectivity index is 0.000000561. The van der Waals surface area contributed by atoms with Crippen LogP contribution in [-0.4, -0.2) is 6.79 Å². The van der Waals surface area contributed by atoms with Gasteiger partial charge in [0.25, 0.3) is 0 Å². The van der Waals surface area contributed by atoms with Crippen LogP contribution in [0.1, 0.15) is 20.8 Å². The number of allylic oxidation sites excluding steroid dienone is 2. The van der Waals surface area contributed by atoms with Crippen LogP contribution in [0.2, 0.25) is 0 Å². The number of ether oxygens (including phenoxy) is 2. The van der Waals surface area contributed by atoms with Gasteiger partial charge in [0, 0.05) is 0 Å². The molecule has 0 radical (unpaired) electrons. The second kappa shape index (κ2) is 5.47. The Morgan fingerprint density at radius 2 is 2.00 bits per heavy atom. The zero-order valence-electron chi connectivity index (χ0n) is 8.02. The highest BCUT2D eigenvalue weighted by Crippen LogP contribution is 2.22. The maximum Gasteiger partial charge on any atom is 0.231 e. The van der Waals surface area contributed by atoms with E-state index in [0.717, 1.165) is 11.3 Å². The highest BCUT2D eigenvalue weighted by Gasteiger charge is 2.14. The van der Waals surface area contributed by atoms with Gasteiger partial charge in [0.2, 0.25) is 6.79 Å². The Morgan fingerprint density at radius 3 is 2.33 bits per heavy atom. The van der Waals surface area contributed by atoms with Crippen molar-refractivity contribution in [3.05, 3.63) is 36.3 Å². The summed E-state index contributed by atoms with van der Waals surface area (Å²) in [4.78, 5) is 0. The first-order valence-corrected chi connectivity index (χ1v) is 4.04. The molecule has 1 aliphatic heterocycles. The number of hydrogen-bond donors (Lipinski definition) is 0. The summed E-state index contributed by atoms with van der Waals surface area (Å²) in [6.45, 7) is 13.4. The van der Waals surface area contributed by atoms with Crippen molar-refractivity contribution in [1.29, 1.82) is 0 Å². The molecule has 0 saturated heterocycles. The summed E-state index contributed by atoms with van der Waals surface area (Å²) >= 11 is 0. The Bertz CT molecular complexity index is 202. The van der Waals surface area contributed by atoms with E-state index in [0.29, 0.717) is 5.76 Å². The quantitative estimate of drug-likeness (QED) is 0.631. The molecule has 68 valence electrons. The standard InChI is InChI=1S/C8H10O2.C2H6/c1-4-7-8(6(2)3)10-5-9-7;1-2/h4H,1-2,5H2,3H3;1-2H3. The minimum atomic E-state index is 0.281. The predicted molar refractivity (Wildman–Crippen MR) is 50.4 cm³/mol. The zero-order chi connectivity index (χ0) is 9.56. The van der Waals surface area contributed by atoms with E-state index < -0.39 is 0 Å². The van der Waals surface area contributed by atoms with E-state index in [-0.39, 0.29) is 6.79 Å². The van der Waals surface area contributed by atoms with Crippen LogP contribution in [0.25, 0.3) is 0 Å². The normalized spacial score (nSPS) is 13.9. The summed E-state index contributed by atoms with van der Waals surface area (Å²) in [6, 6.07) is 0. The van der Waals surface area contributed by atoms with Gasteiger partial charge in [-0.1, -0.05) is 27.0 Å². The smallest absolute Gasteiger partial charge is 0.231 e. The van der Waals surface area contributed by atoms with Crippen LogP contribution in [-0.2, 0) is 9.47 Å². The maximum atomic E-state index is 5.10. The fraction of sp³-hybridized carbons (Fsp3) is 0.400. The van der Waals surface area contributed by atoms with Gasteiger partial charge in [-0.25, -0.2) is 0 Å². The molecule has 0 N–H and O–H groups in total. The third-order valence-corrected chi connectivity index (χ3v) is 1.21. The molecule has 0 amide bonds. The lowest BCUT2D eigenvalue weighted by Gasteiger charge is -1.96. The summed E-state index contributed by atoms with van der Waals surface area (Å²) in [5, 5.41) is 0. The largest absolute Gasteiger partial charge is 0.454 e. The molecule has 0 aliphatic carbocycles. The molecule has 0 aromatic heterocycles. The molecule has 0 spiro atoms. The molecule has 1 heterocycles. The topological polar surface area (TPSA) is 18.5 Å². The van der Waals surface area contributed by atoms with Crippen molar-refractivity contribution in [3.8, 4) is 0 Å². The summed E-state index contributed by atoms with van der Waals surface area (Å²) in [6.07, 6.45) is 1.62. The highest BCUT2D eigenvalue weighted by atomic mass is 16.7. The minimum absolute atomic E-state index is 0.281. The van der Waals surface area contributed by atoms with Gasteiger partial charge >= 0.3 is 0 Å². The Kier molecular flexibility index (Phi) is 4.93. The molecule has 0 aromatic carbocycles. The van der Waals surface area contributed by atoms with Crippen molar-refractivity contribution in [3.63, 3.8) is 0 Å². The van der Waals surface area contributed by atoms with E-state index in [1.165, 1.54) is 0 Å². The van der Waals surface area contributed by atoms with E-state index in [1.54, 1.807) is 6.08 Å². The second-order valence-corrected chi connectivity index (χ2v) is 2.08. The molecule has 0 unspecified atom stereocenters. The fourth-order valence-electron chi connectivity index (χ4n) is 0.774. The van der Waals surface area contributed by atoms with Gasteiger partial charge in [0.05, 0.1) is 0 Å². The van der Waals surface area contributed by atoms with Crippen LogP contribution in [0.15, 0.2) is 36.3 Å². The van der Waals surface area contributed by atoms with Gasteiger partial charge in [-0.15, -0.1) is 0 Å². The lowest BCUT2D eigenvalue weighted by atomic mass is 10.2. The lowest BCUT2D eigenvalue weighted by molar-refractivity contribution is 0.0767. The molecule has 0 saturated carbocycles. The molecule has 2 nitrogen and oxygen atoms in total. The van der Waals surface area contributed by atoms with Crippen molar-refractivity contribution in [2.75, 3.05) is 6.79 Å². The first kappa shape index (κ1) is 10.8. The Hall–Kier alpha value is -1.18. The first-order valence-electron chi connectivity index (χ1n) is 4.04. The molecule has 0 aromatic rings. The summed E-state index contributed by atoms with van der Waals surface area (Å²) in [7, 11) is 0. The van der Waals surface area contributed by atoms with Crippen LogP contribution < -0.4 is 0 Å². The Labute approximate surface area is 74.2 Å². The van der Waals surface area contributed by atoms with Crippen LogP contribution in [0.3, 0.4) is 0 Å². The van der Waals surface area contributed by atoms with Crippen LogP contribution >= 0.6 is 0 Å². The fourth-order valence-corrected chi connectivity index (χ4v) is 0.774. The minimum Gasteiger partial charge on any atom is -0.454 e. The van der Waals surface area contributed by atoms with E-state index in [9.17, 15) is 0 Å². The predicted octanol–water partition coefficient (Wildman–Crippen LogP) is 2.99.